The van der Waals surface area contributed by atoms with Gasteiger partial charge in [0.25, 0.3) is 0 Å². The molecule has 0 aromatic heterocycles. The molecule has 5 nitrogen and oxygen atoms in total. The molecule has 1 heterocycles. The predicted molar refractivity (Wildman–Crippen MR) is 82.7 cm³/mol. The highest BCUT2D eigenvalue weighted by atomic mass is 32.2. The van der Waals surface area contributed by atoms with Gasteiger partial charge in [0.1, 0.15) is 5.82 Å². The van der Waals surface area contributed by atoms with Crippen LogP contribution in [0.5, 0.6) is 0 Å². The Morgan fingerprint density at radius 3 is 2.41 bits per heavy atom. The molecule has 1 fully saturated rings. The van der Waals surface area contributed by atoms with E-state index in [0.29, 0.717) is 6.54 Å². The van der Waals surface area contributed by atoms with Gasteiger partial charge in [-0.15, -0.1) is 0 Å². The Hall–Kier alpha value is -1.02. The minimum absolute atomic E-state index is 0.0857. The first kappa shape index (κ1) is 17.3. The van der Waals surface area contributed by atoms with Crippen LogP contribution in [0, 0.1) is 5.82 Å². The number of morpholine rings is 1. The van der Waals surface area contributed by atoms with Gasteiger partial charge in [-0.25, -0.2) is 17.5 Å². The van der Waals surface area contributed by atoms with Crippen molar-refractivity contribution in [2.45, 2.75) is 37.4 Å². The molecule has 124 valence electrons. The second-order valence-corrected chi connectivity index (χ2v) is 7.49. The molecule has 0 saturated carbocycles. The third kappa shape index (κ3) is 5.01. The lowest BCUT2D eigenvalue weighted by molar-refractivity contribution is -0.0679. The molecule has 1 N–H and O–H groups in total. The molecule has 1 aromatic rings. The first-order chi connectivity index (χ1) is 10.4. The van der Waals surface area contributed by atoms with Crippen LogP contribution >= 0.6 is 0 Å². The zero-order chi connectivity index (χ0) is 16.2. The fourth-order valence-electron chi connectivity index (χ4n) is 2.67. The van der Waals surface area contributed by atoms with E-state index < -0.39 is 15.8 Å². The van der Waals surface area contributed by atoms with Crippen molar-refractivity contribution >= 4 is 10.0 Å². The van der Waals surface area contributed by atoms with E-state index in [0.717, 1.165) is 38.2 Å². The van der Waals surface area contributed by atoms with Crippen LogP contribution in [0.3, 0.4) is 0 Å². The monoisotopic (exact) mass is 330 g/mol. The smallest absolute Gasteiger partial charge is 0.240 e. The molecular weight excluding hydrogens is 307 g/mol. The summed E-state index contributed by atoms with van der Waals surface area (Å²) in [5.74, 6) is -0.450. The lowest BCUT2D eigenvalue weighted by Crippen LogP contribution is -2.46. The summed E-state index contributed by atoms with van der Waals surface area (Å²) >= 11 is 0. The summed E-state index contributed by atoms with van der Waals surface area (Å²) in [4.78, 5) is 2.37. The molecular formula is C15H23FN2O3S. The lowest BCUT2D eigenvalue weighted by Gasteiger charge is -2.35. The molecule has 1 aliphatic rings. The number of nitrogens with one attached hydrogen (secondary N) is 1. The lowest BCUT2D eigenvalue weighted by atomic mass is 10.2. The van der Waals surface area contributed by atoms with E-state index in [1.54, 1.807) is 0 Å². The number of rotatable bonds is 6. The molecule has 0 amide bonds. The zero-order valence-corrected chi connectivity index (χ0v) is 13.8. The van der Waals surface area contributed by atoms with Gasteiger partial charge in [-0.2, -0.15) is 0 Å². The maximum Gasteiger partial charge on any atom is 0.240 e. The Morgan fingerprint density at radius 2 is 1.82 bits per heavy atom. The first-order valence-corrected chi connectivity index (χ1v) is 8.98. The summed E-state index contributed by atoms with van der Waals surface area (Å²) in [6, 6.07) is 4.82. The van der Waals surface area contributed by atoms with Crippen molar-refractivity contribution in [2.24, 2.45) is 0 Å². The minimum atomic E-state index is -3.56. The van der Waals surface area contributed by atoms with Gasteiger partial charge in [-0.1, -0.05) is 0 Å². The Balaban J connectivity index is 1.77. The highest BCUT2D eigenvalue weighted by Gasteiger charge is 2.21. The van der Waals surface area contributed by atoms with E-state index >= 15 is 0 Å². The van der Waals surface area contributed by atoms with Crippen LogP contribution in [-0.4, -0.2) is 51.7 Å². The van der Waals surface area contributed by atoms with E-state index in [1.807, 2.05) is 13.8 Å². The molecule has 22 heavy (non-hydrogen) atoms. The third-order valence-electron chi connectivity index (χ3n) is 3.56. The van der Waals surface area contributed by atoms with Crippen LogP contribution in [0.2, 0.25) is 0 Å². The number of benzene rings is 1. The quantitative estimate of drug-likeness (QED) is 0.805. The third-order valence-corrected chi connectivity index (χ3v) is 5.04. The number of hydrogen-bond acceptors (Lipinski definition) is 4. The Bertz CT molecular complexity index is 567. The van der Waals surface area contributed by atoms with Crippen LogP contribution in [0.15, 0.2) is 29.2 Å². The van der Waals surface area contributed by atoms with Crippen molar-refractivity contribution in [1.29, 1.82) is 0 Å². The van der Waals surface area contributed by atoms with Crippen LogP contribution in [0.25, 0.3) is 0 Å². The summed E-state index contributed by atoms with van der Waals surface area (Å²) in [5, 5.41) is 0. The van der Waals surface area contributed by atoms with Gasteiger partial charge in [0.2, 0.25) is 10.0 Å². The topological polar surface area (TPSA) is 58.6 Å². The van der Waals surface area contributed by atoms with Gasteiger partial charge in [0, 0.05) is 19.6 Å². The summed E-state index contributed by atoms with van der Waals surface area (Å²) in [6.45, 7) is 7.01. The van der Waals surface area contributed by atoms with Gasteiger partial charge in [0.15, 0.2) is 0 Å². The standard InChI is InChI=1S/C15H23FN2O3S/c1-12-10-18(11-13(2)21-12)9-3-8-17-22(19,20)15-6-4-14(16)5-7-15/h4-7,12-13,17H,3,8-11H2,1-2H3. The van der Waals surface area contributed by atoms with Crippen LogP contribution < -0.4 is 4.72 Å². The Labute approximate surface area is 131 Å². The van der Waals surface area contributed by atoms with Crippen molar-refractivity contribution in [1.82, 2.24) is 9.62 Å². The molecule has 7 heteroatoms. The average Bonchev–Trinajstić information content (AvgIpc) is 2.43. The summed E-state index contributed by atoms with van der Waals surface area (Å²) in [7, 11) is -3.56. The molecule has 0 aliphatic carbocycles. The molecule has 1 saturated heterocycles. The fourth-order valence-corrected chi connectivity index (χ4v) is 3.75. The molecule has 2 unspecified atom stereocenters. The predicted octanol–water partition coefficient (Wildman–Crippen LogP) is 1.60. The van der Waals surface area contributed by atoms with Gasteiger partial charge < -0.3 is 4.74 Å². The zero-order valence-electron chi connectivity index (χ0n) is 13.0. The summed E-state index contributed by atoms with van der Waals surface area (Å²) < 4.78 is 45.1. The van der Waals surface area contributed by atoms with Gasteiger partial charge >= 0.3 is 0 Å². The first-order valence-electron chi connectivity index (χ1n) is 7.50. The molecule has 0 bridgehead atoms. The molecule has 0 spiro atoms. The van der Waals surface area contributed by atoms with Crippen LogP contribution in [-0.2, 0) is 14.8 Å². The van der Waals surface area contributed by atoms with Crippen molar-refractivity contribution in [2.75, 3.05) is 26.2 Å². The van der Waals surface area contributed by atoms with Gasteiger partial charge in [0.05, 0.1) is 17.1 Å². The van der Waals surface area contributed by atoms with Gasteiger partial charge in [-0.3, -0.25) is 4.90 Å². The number of hydrogen-bond donors (Lipinski definition) is 1. The van der Waals surface area contributed by atoms with E-state index in [2.05, 4.69) is 9.62 Å². The Morgan fingerprint density at radius 1 is 1.23 bits per heavy atom. The highest BCUT2D eigenvalue weighted by Crippen LogP contribution is 2.11. The second kappa shape index (κ2) is 7.50. The van der Waals surface area contributed by atoms with E-state index in [1.165, 1.54) is 12.1 Å². The SMILES string of the molecule is CC1CN(CCCNS(=O)(=O)c2ccc(F)cc2)CC(C)O1. The second-order valence-electron chi connectivity index (χ2n) is 5.72. The normalized spacial score (nSPS) is 23.6. The van der Waals surface area contributed by atoms with Crippen molar-refractivity contribution in [3.8, 4) is 0 Å². The van der Waals surface area contributed by atoms with Crippen molar-refractivity contribution in [3.05, 3.63) is 30.1 Å². The van der Waals surface area contributed by atoms with E-state index in [-0.39, 0.29) is 17.1 Å². The van der Waals surface area contributed by atoms with E-state index in [9.17, 15) is 12.8 Å². The maximum atomic E-state index is 12.8. The molecule has 0 radical (unpaired) electrons. The minimum Gasteiger partial charge on any atom is -0.373 e. The highest BCUT2D eigenvalue weighted by molar-refractivity contribution is 7.89. The summed E-state index contributed by atoms with van der Waals surface area (Å²) in [5.41, 5.74) is 0. The molecule has 2 rings (SSSR count). The van der Waals surface area contributed by atoms with Gasteiger partial charge in [-0.05, 0) is 51.1 Å². The fraction of sp³-hybridized carbons (Fsp3) is 0.600. The number of halogens is 1. The Kier molecular flexibility index (Phi) is 5.91. The molecule has 2 atom stereocenters. The summed E-state index contributed by atoms with van der Waals surface area (Å²) in [6.07, 6.45) is 1.14. The number of sulfonamides is 1. The molecule has 1 aliphatic heterocycles. The van der Waals surface area contributed by atoms with Crippen molar-refractivity contribution < 1.29 is 17.5 Å². The maximum absolute atomic E-state index is 12.8. The number of nitrogens with zero attached hydrogens (tertiary/aromatic N) is 1. The van der Waals surface area contributed by atoms with E-state index in [4.69, 9.17) is 4.74 Å². The average molecular weight is 330 g/mol. The molecule has 1 aromatic carbocycles. The van der Waals surface area contributed by atoms with Crippen LogP contribution in [0.4, 0.5) is 4.39 Å². The van der Waals surface area contributed by atoms with Crippen molar-refractivity contribution in [3.63, 3.8) is 0 Å². The number of ether oxygens (including phenoxy) is 1. The largest absolute Gasteiger partial charge is 0.373 e. The van der Waals surface area contributed by atoms with Crippen LogP contribution in [0.1, 0.15) is 20.3 Å².